The van der Waals surface area contributed by atoms with E-state index in [1.807, 2.05) is 10.6 Å². The number of aromatic amines is 1. The van der Waals surface area contributed by atoms with Gasteiger partial charge in [-0.3, -0.25) is 0 Å². The summed E-state index contributed by atoms with van der Waals surface area (Å²) in [6.07, 6.45) is 3.58. The minimum Gasteiger partial charge on any atom is -0.391 e. The fourth-order valence-corrected chi connectivity index (χ4v) is 3.51. The summed E-state index contributed by atoms with van der Waals surface area (Å²) in [6, 6.07) is 3.61. The van der Waals surface area contributed by atoms with Crippen LogP contribution in [0.1, 0.15) is 31.7 Å². The molecule has 6 heteroatoms. The highest BCUT2D eigenvalue weighted by molar-refractivity contribution is 7.71. The molecule has 2 unspecified atom stereocenters. The summed E-state index contributed by atoms with van der Waals surface area (Å²) in [5.41, 5.74) is 1.77. The molecule has 19 heavy (non-hydrogen) atoms. The van der Waals surface area contributed by atoms with Gasteiger partial charge in [0.1, 0.15) is 0 Å². The number of aliphatic hydroxyl groups excluding tert-OH is 1. The predicted molar refractivity (Wildman–Crippen MR) is 80.7 cm³/mol. The molecule has 1 aliphatic rings. The fraction of sp³-hybridized carbons (Fsp3) is 0.462. The van der Waals surface area contributed by atoms with Crippen LogP contribution in [0, 0.1) is 4.77 Å². The summed E-state index contributed by atoms with van der Waals surface area (Å²) in [5.74, 6) is 0. The molecule has 1 saturated carbocycles. The molecule has 0 saturated heterocycles. The lowest BCUT2D eigenvalue weighted by molar-refractivity contribution is 0.0767. The normalized spacial score (nSPS) is 23.9. The highest BCUT2D eigenvalue weighted by Gasteiger charge is 2.26. The maximum absolute atomic E-state index is 10.2. The third-order valence-corrected chi connectivity index (χ3v) is 4.81. The van der Waals surface area contributed by atoms with Gasteiger partial charge in [0, 0.05) is 0 Å². The number of rotatable bonds is 1. The van der Waals surface area contributed by atoms with Crippen LogP contribution in [0.3, 0.4) is 0 Å². The Balaban J connectivity index is 2.19. The molecule has 0 spiro atoms. The number of benzene rings is 1. The second-order valence-electron chi connectivity index (χ2n) is 5.00. The Morgan fingerprint density at radius 3 is 2.63 bits per heavy atom. The Bertz CT molecular complexity index is 679. The van der Waals surface area contributed by atoms with Crippen LogP contribution in [-0.4, -0.2) is 20.8 Å². The number of hydrogen-bond donors (Lipinski definition) is 2. The zero-order chi connectivity index (χ0) is 13.6. The zero-order valence-electron chi connectivity index (χ0n) is 10.2. The maximum Gasteiger partial charge on any atom is 0.178 e. The molecule has 102 valence electrons. The van der Waals surface area contributed by atoms with Gasteiger partial charge in [0.05, 0.1) is 33.2 Å². The molecule has 0 aliphatic heterocycles. The number of aliphatic hydroxyl groups is 1. The summed E-state index contributed by atoms with van der Waals surface area (Å²) < 4.78 is 2.59. The van der Waals surface area contributed by atoms with Gasteiger partial charge in [0.25, 0.3) is 0 Å². The minimum absolute atomic E-state index is 0.0206. The molecule has 3 rings (SSSR count). The van der Waals surface area contributed by atoms with E-state index in [-0.39, 0.29) is 12.1 Å². The van der Waals surface area contributed by atoms with Crippen LogP contribution in [0.4, 0.5) is 0 Å². The minimum atomic E-state index is -0.353. The average molecular weight is 317 g/mol. The topological polar surface area (TPSA) is 41.0 Å². The molecule has 0 amide bonds. The van der Waals surface area contributed by atoms with Crippen molar-refractivity contribution in [2.45, 2.75) is 37.8 Å². The Kier molecular flexibility index (Phi) is 3.60. The highest BCUT2D eigenvalue weighted by atomic mass is 35.5. The van der Waals surface area contributed by atoms with Gasteiger partial charge in [-0.2, -0.15) is 0 Å². The van der Waals surface area contributed by atoms with Crippen molar-refractivity contribution < 1.29 is 5.11 Å². The number of aromatic nitrogens is 2. The molecule has 1 fully saturated rings. The van der Waals surface area contributed by atoms with Crippen molar-refractivity contribution in [1.29, 1.82) is 0 Å². The van der Waals surface area contributed by atoms with Crippen LogP contribution >= 0.6 is 35.4 Å². The number of halogens is 2. The molecule has 2 atom stereocenters. The van der Waals surface area contributed by atoms with Crippen molar-refractivity contribution in [1.82, 2.24) is 9.55 Å². The summed E-state index contributed by atoms with van der Waals surface area (Å²) in [7, 11) is 0. The van der Waals surface area contributed by atoms with E-state index < -0.39 is 0 Å². The third kappa shape index (κ3) is 2.31. The Morgan fingerprint density at radius 2 is 1.89 bits per heavy atom. The Hall–Kier alpha value is -0.550. The maximum atomic E-state index is 10.2. The van der Waals surface area contributed by atoms with Gasteiger partial charge in [0.15, 0.2) is 4.77 Å². The van der Waals surface area contributed by atoms with Crippen molar-refractivity contribution in [3.63, 3.8) is 0 Å². The predicted octanol–water partition coefficient (Wildman–Crippen LogP) is 4.48. The van der Waals surface area contributed by atoms with E-state index in [9.17, 15) is 5.11 Å². The largest absolute Gasteiger partial charge is 0.391 e. The number of nitrogens with zero attached hydrogens (tertiary/aromatic N) is 1. The number of fused-ring (bicyclic) bond motifs is 1. The first-order chi connectivity index (χ1) is 9.08. The van der Waals surface area contributed by atoms with Gasteiger partial charge in [-0.05, 0) is 37.2 Å². The molecule has 1 heterocycles. The molecule has 3 nitrogen and oxygen atoms in total. The van der Waals surface area contributed by atoms with Crippen molar-refractivity contribution in [2.24, 2.45) is 0 Å². The second-order valence-corrected chi connectivity index (χ2v) is 6.20. The van der Waals surface area contributed by atoms with Gasteiger partial charge < -0.3 is 14.7 Å². The van der Waals surface area contributed by atoms with E-state index in [1.165, 1.54) is 0 Å². The third-order valence-electron chi connectivity index (χ3n) is 3.78. The van der Waals surface area contributed by atoms with Gasteiger partial charge in [0.2, 0.25) is 0 Å². The van der Waals surface area contributed by atoms with Gasteiger partial charge >= 0.3 is 0 Å². The van der Waals surface area contributed by atoms with Crippen LogP contribution < -0.4 is 0 Å². The van der Waals surface area contributed by atoms with E-state index in [0.29, 0.717) is 14.8 Å². The van der Waals surface area contributed by atoms with Crippen molar-refractivity contribution in [3.05, 3.63) is 26.9 Å². The molecule has 0 radical (unpaired) electrons. The highest BCUT2D eigenvalue weighted by Crippen LogP contribution is 2.34. The van der Waals surface area contributed by atoms with E-state index in [2.05, 4.69) is 4.98 Å². The molecular formula is C13H14Cl2N2OS. The van der Waals surface area contributed by atoms with Gasteiger partial charge in [-0.1, -0.05) is 36.0 Å². The summed E-state index contributed by atoms with van der Waals surface area (Å²) in [5, 5.41) is 11.2. The first-order valence-corrected chi connectivity index (χ1v) is 7.51. The fourth-order valence-electron chi connectivity index (χ4n) is 2.84. The molecule has 1 aromatic heterocycles. The summed E-state index contributed by atoms with van der Waals surface area (Å²) in [4.78, 5) is 3.14. The quantitative estimate of drug-likeness (QED) is 0.761. The van der Waals surface area contributed by atoms with Gasteiger partial charge in [-0.25, -0.2) is 0 Å². The first-order valence-electron chi connectivity index (χ1n) is 6.35. The van der Waals surface area contributed by atoms with Crippen molar-refractivity contribution >= 4 is 46.5 Å². The average Bonchev–Trinajstić information content (AvgIpc) is 2.66. The van der Waals surface area contributed by atoms with Crippen LogP contribution in [-0.2, 0) is 0 Å². The van der Waals surface area contributed by atoms with Crippen molar-refractivity contribution in [2.75, 3.05) is 0 Å². The van der Waals surface area contributed by atoms with Crippen LogP contribution in [0.15, 0.2) is 12.1 Å². The lowest BCUT2D eigenvalue weighted by Crippen LogP contribution is -2.27. The van der Waals surface area contributed by atoms with Crippen LogP contribution in [0.5, 0.6) is 0 Å². The van der Waals surface area contributed by atoms with Crippen LogP contribution in [0.2, 0.25) is 10.0 Å². The Labute approximate surface area is 126 Å². The lowest BCUT2D eigenvalue weighted by atomic mass is 9.92. The first kappa shape index (κ1) is 13.4. The molecule has 0 bridgehead atoms. The lowest BCUT2D eigenvalue weighted by Gasteiger charge is -2.29. The zero-order valence-corrected chi connectivity index (χ0v) is 12.5. The van der Waals surface area contributed by atoms with E-state index in [0.717, 1.165) is 36.7 Å². The molecule has 2 N–H and O–H groups in total. The van der Waals surface area contributed by atoms with Crippen LogP contribution in [0.25, 0.3) is 11.0 Å². The summed E-state index contributed by atoms with van der Waals surface area (Å²) in [6.45, 7) is 0. The molecule has 2 aromatic rings. The smallest absolute Gasteiger partial charge is 0.178 e. The standard InChI is InChI=1S/C13H14Cl2N2OS/c14-7-5-9-11(6-8(7)15)17(13(19)16-9)10-3-1-2-4-12(10)18/h5-6,10,12,18H,1-4H2,(H,16,19). The van der Waals surface area contributed by atoms with E-state index in [1.54, 1.807) is 6.07 Å². The number of H-pyrrole nitrogens is 1. The molecular weight excluding hydrogens is 303 g/mol. The number of imidazole rings is 1. The monoisotopic (exact) mass is 316 g/mol. The molecule has 1 aliphatic carbocycles. The SMILES string of the molecule is OC1CCCCC1n1c(=S)[nH]c2cc(Cl)c(Cl)cc21. The van der Waals surface area contributed by atoms with Gasteiger partial charge in [-0.15, -0.1) is 0 Å². The molecule has 1 aromatic carbocycles. The van der Waals surface area contributed by atoms with E-state index in [4.69, 9.17) is 35.4 Å². The van der Waals surface area contributed by atoms with Crippen molar-refractivity contribution in [3.8, 4) is 0 Å². The van der Waals surface area contributed by atoms with E-state index >= 15 is 0 Å². The summed E-state index contributed by atoms with van der Waals surface area (Å²) >= 11 is 17.5. The number of nitrogens with one attached hydrogen (secondary N) is 1. The number of hydrogen-bond acceptors (Lipinski definition) is 2. The second kappa shape index (κ2) is 5.09. The Morgan fingerprint density at radius 1 is 1.21 bits per heavy atom.